The maximum atomic E-state index is 13.8. The average molecular weight is 1110 g/mol. The average Bonchev–Trinajstić information content (AvgIpc) is 3.28. The van der Waals surface area contributed by atoms with E-state index in [0.717, 1.165) is 51.1 Å². The first-order valence-electron chi connectivity index (χ1n) is 26.8. The van der Waals surface area contributed by atoms with Gasteiger partial charge in [-0.05, 0) is 200 Å². The highest BCUT2D eigenvalue weighted by Crippen LogP contribution is 2.34. The molecule has 0 spiro atoms. The Kier molecular flexibility index (Phi) is 30.0. The van der Waals surface area contributed by atoms with Crippen molar-refractivity contribution < 1.29 is 45.6 Å². The number of rotatable bonds is 16. The molecule has 5 aromatic rings. The van der Waals surface area contributed by atoms with E-state index >= 15 is 0 Å². The number of aryl methyl sites for hydroxylation is 3. The summed E-state index contributed by atoms with van der Waals surface area (Å²) in [5.41, 5.74) is 7.52. The Hall–Kier alpha value is -4.67. The Balaban J connectivity index is 0.000000475. The van der Waals surface area contributed by atoms with Crippen molar-refractivity contribution in [3.8, 4) is 28.7 Å². The van der Waals surface area contributed by atoms with Crippen LogP contribution >= 0.6 is 23.2 Å². The smallest absolute Gasteiger partial charge is 0.165 e. The van der Waals surface area contributed by atoms with Crippen LogP contribution in [0.5, 0.6) is 28.7 Å². The van der Waals surface area contributed by atoms with Crippen molar-refractivity contribution in [2.75, 3.05) is 0 Å². The fourth-order valence-corrected chi connectivity index (χ4v) is 8.22. The van der Waals surface area contributed by atoms with E-state index in [9.17, 15) is 22.0 Å². The van der Waals surface area contributed by atoms with Gasteiger partial charge in [-0.2, -0.15) is 0 Å². The van der Waals surface area contributed by atoms with E-state index in [2.05, 4.69) is 47.6 Å². The zero-order valence-electron chi connectivity index (χ0n) is 49.9. The monoisotopic (exact) mass is 1100 g/mol. The molecular formula is C64H91Cl2F5O5. The van der Waals surface area contributed by atoms with Crippen molar-refractivity contribution >= 4 is 23.2 Å². The van der Waals surface area contributed by atoms with E-state index < -0.39 is 11.6 Å². The van der Waals surface area contributed by atoms with E-state index in [-0.39, 0.29) is 77.2 Å². The van der Waals surface area contributed by atoms with Gasteiger partial charge in [-0.3, -0.25) is 0 Å². The zero-order chi connectivity index (χ0) is 58.6. The molecule has 0 amide bonds. The minimum absolute atomic E-state index is 0.00380. The fraction of sp³-hybridized carbons (Fsp3) is 0.531. The summed E-state index contributed by atoms with van der Waals surface area (Å²) >= 11 is 12.2. The van der Waals surface area contributed by atoms with Gasteiger partial charge in [-0.25, -0.2) is 22.0 Å². The van der Waals surface area contributed by atoms with E-state index in [4.69, 9.17) is 46.9 Å². The first-order chi connectivity index (χ1) is 35.1. The maximum Gasteiger partial charge on any atom is 0.165 e. The zero-order valence-corrected chi connectivity index (χ0v) is 51.5. The van der Waals surface area contributed by atoms with Gasteiger partial charge in [0, 0.05) is 28.2 Å². The molecule has 5 rings (SSSR count). The first kappa shape index (κ1) is 69.3. The number of benzene rings is 5. The predicted octanol–water partition coefficient (Wildman–Crippen LogP) is 21.2. The van der Waals surface area contributed by atoms with Gasteiger partial charge in [0.1, 0.15) is 23.1 Å². The van der Waals surface area contributed by atoms with Crippen LogP contribution in [0.3, 0.4) is 0 Å². The van der Waals surface area contributed by atoms with Gasteiger partial charge in [0.25, 0.3) is 0 Å². The van der Waals surface area contributed by atoms with Gasteiger partial charge in [-0.15, -0.1) is 0 Å². The van der Waals surface area contributed by atoms with Crippen LogP contribution in [0, 0.1) is 42.9 Å². The third kappa shape index (κ3) is 23.5. The summed E-state index contributed by atoms with van der Waals surface area (Å²) in [5, 5.41) is 1.35. The molecule has 12 heteroatoms. The third-order valence-electron chi connectivity index (χ3n) is 11.2. The molecule has 76 heavy (non-hydrogen) atoms. The Morgan fingerprint density at radius 3 is 0.921 bits per heavy atom. The lowest BCUT2D eigenvalue weighted by Crippen LogP contribution is -2.08. The van der Waals surface area contributed by atoms with Crippen molar-refractivity contribution in [2.45, 2.75) is 226 Å². The number of halogens is 7. The van der Waals surface area contributed by atoms with Crippen molar-refractivity contribution in [1.82, 2.24) is 0 Å². The van der Waals surface area contributed by atoms with Gasteiger partial charge in [-0.1, -0.05) is 105 Å². The number of ether oxygens (including phenoxy) is 5. The summed E-state index contributed by atoms with van der Waals surface area (Å²) < 4.78 is 95.0. The molecule has 0 saturated heterocycles. The maximum absolute atomic E-state index is 13.8. The topological polar surface area (TPSA) is 46.2 Å². The number of hydrogen-bond donors (Lipinski definition) is 0. The standard InChI is InChI=1S/C14H21FO.C13H19ClO.C13H19FO.C12H16ClFO.C12H16F2O/c1-6-11-7-14(16-10(4)5)13(15)8-12(11)9(2)3;2*1-8(2)11-6-10(5)13(7-12(11)14)15-9(3)4;2*1-7(2)9-5-11(14)12(6-10(9)13)15-8(3)4/h7-10H,6H2,1-5H3;2*6-9H,1-5H3;2*5-8H,1-4H3. The molecule has 0 fully saturated rings. The molecule has 5 aromatic carbocycles. The molecule has 0 aliphatic rings. The summed E-state index contributed by atoms with van der Waals surface area (Å²) in [5.74, 6) is 1.58. The van der Waals surface area contributed by atoms with Gasteiger partial charge in [0.05, 0.1) is 30.5 Å². The van der Waals surface area contributed by atoms with E-state index in [0.29, 0.717) is 33.9 Å². The minimum atomic E-state index is -0.506. The second kappa shape index (κ2) is 32.9. The van der Waals surface area contributed by atoms with Crippen molar-refractivity contribution in [3.05, 3.63) is 144 Å². The van der Waals surface area contributed by atoms with Gasteiger partial charge >= 0.3 is 0 Å². The third-order valence-corrected chi connectivity index (χ3v) is 11.8. The Labute approximate surface area is 465 Å². The van der Waals surface area contributed by atoms with Crippen molar-refractivity contribution in [2.24, 2.45) is 0 Å². The molecule has 0 aliphatic carbocycles. The van der Waals surface area contributed by atoms with Crippen LogP contribution in [0.1, 0.15) is 219 Å². The Morgan fingerprint density at radius 1 is 0.316 bits per heavy atom. The highest BCUT2D eigenvalue weighted by molar-refractivity contribution is 6.32. The van der Waals surface area contributed by atoms with Crippen LogP contribution < -0.4 is 23.7 Å². The van der Waals surface area contributed by atoms with Gasteiger partial charge in [0.15, 0.2) is 34.7 Å². The van der Waals surface area contributed by atoms with Crippen LogP contribution in [0.4, 0.5) is 22.0 Å². The lowest BCUT2D eigenvalue weighted by Gasteiger charge is -2.16. The molecule has 426 valence electrons. The molecule has 0 aliphatic heterocycles. The highest BCUT2D eigenvalue weighted by Gasteiger charge is 2.17. The van der Waals surface area contributed by atoms with E-state index in [1.807, 2.05) is 122 Å². The second-order valence-electron chi connectivity index (χ2n) is 21.8. The van der Waals surface area contributed by atoms with E-state index in [1.54, 1.807) is 26.0 Å². The largest absolute Gasteiger partial charge is 0.491 e. The molecule has 0 saturated carbocycles. The highest BCUT2D eigenvalue weighted by atomic mass is 35.5. The first-order valence-corrected chi connectivity index (χ1v) is 27.6. The molecule has 0 unspecified atom stereocenters. The molecule has 0 N–H and O–H groups in total. The summed E-state index contributed by atoms with van der Waals surface area (Å²) in [6.07, 6.45) is 0.952. The quantitative estimate of drug-likeness (QED) is 0.0922. The molecule has 0 bridgehead atoms. The Morgan fingerprint density at radius 2 is 0.566 bits per heavy atom. The fourth-order valence-electron chi connectivity index (χ4n) is 7.48. The predicted molar refractivity (Wildman–Crippen MR) is 310 cm³/mol. The normalized spacial score (nSPS) is 11.2. The van der Waals surface area contributed by atoms with Gasteiger partial charge < -0.3 is 23.7 Å². The van der Waals surface area contributed by atoms with Crippen molar-refractivity contribution in [1.29, 1.82) is 0 Å². The molecular weight excluding hydrogens is 1010 g/mol. The van der Waals surface area contributed by atoms with E-state index in [1.165, 1.54) is 29.3 Å². The second-order valence-corrected chi connectivity index (χ2v) is 22.6. The molecule has 0 atom stereocenters. The van der Waals surface area contributed by atoms with Crippen LogP contribution in [0.15, 0.2) is 60.7 Å². The summed E-state index contributed by atoms with van der Waals surface area (Å²) in [6.45, 7) is 45.1. The minimum Gasteiger partial charge on any atom is -0.491 e. The molecule has 0 radical (unpaired) electrons. The molecule has 0 heterocycles. The summed E-state index contributed by atoms with van der Waals surface area (Å²) in [7, 11) is 0. The number of hydrogen-bond acceptors (Lipinski definition) is 5. The van der Waals surface area contributed by atoms with Crippen LogP contribution in [0.25, 0.3) is 0 Å². The molecule has 5 nitrogen and oxygen atoms in total. The van der Waals surface area contributed by atoms with Crippen LogP contribution in [-0.4, -0.2) is 30.5 Å². The SMILES string of the molecule is CC(C)Oc1cc(Cl)c(C(C)C)cc1F.CC(C)Oc1cc(F)c(C(C)C)cc1F.CCc1cc(OC(C)C)c(F)cc1C(C)C.Cc1cc(C(C)C)c(Cl)cc1OC(C)C.Cc1cc(C(C)C)c(F)cc1OC(C)C. The Bertz CT molecular complexity index is 2270. The van der Waals surface area contributed by atoms with Crippen LogP contribution in [-0.2, 0) is 6.42 Å². The lowest BCUT2D eigenvalue weighted by atomic mass is 9.95. The lowest BCUT2D eigenvalue weighted by molar-refractivity contribution is 0.229. The van der Waals surface area contributed by atoms with Crippen molar-refractivity contribution in [3.63, 3.8) is 0 Å². The van der Waals surface area contributed by atoms with Gasteiger partial charge in [0.2, 0.25) is 0 Å². The summed E-state index contributed by atoms with van der Waals surface area (Å²) in [6, 6.07) is 16.2. The molecule has 0 aromatic heterocycles. The summed E-state index contributed by atoms with van der Waals surface area (Å²) in [4.78, 5) is 0. The van der Waals surface area contributed by atoms with Crippen LogP contribution in [0.2, 0.25) is 10.0 Å².